The SMILES string of the molecule is CC(C)c1cccc(C(C)C)c1NC1=C(P(C2=C(Nc3c(C(C)C)cccc3C(C)C)CCC2)c2ccccc2)CCC1. The highest BCUT2D eigenvalue weighted by Crippen LogP contribution is 2.61. The quantitative estimate of drug-likeness (QED) is 0.216. The average Bonchev–Trinajstić information content (AvgIpc) is 3.63. The summed E-state index contributed by atoms with van der Waals surface area (Å²) in [7, 11) is -0.595. The third kappa shape index (κ3) is 6.81. The maximum atomic E-state index is 4.13. The molecule has 0 saturated heterocycles. The van der Waals surface area contributed by atoms with Crippen LogP contribution in [-0.4, -0.2) is 0 Å². The van der Waals surface area contributed by atoms with Gasteiger partial charge in [-0.05, 0) is 108 Å². The van der Waals surface area contributed by atoms with Gasteiger partial charge in [0.15, 0.2) is 0 Å². The number of hydrogen-bond donors (Lipinski definition) is 2. The molecule has 3 aromatic carbocycles. The molecule has 5 rings (SSSR count). The summed E-state index contributed by atoms with van der Waals surface area (Å²) in [5.41, 5.74) is 11.4. The molecule has 228 valence electrons. The smallest absolute Gasteiger partial charge is 0.0452 e. The van der Waals surface area contributed by atoms with E-state index in [2.05, 4.69) is 133 Å². The van der Waals surface area contributed by atoms with E-state index in [4.69, 9.17) is 0 Å². The van der Waals surface area contributed by atoms with Gasteiger partial charge >= 0.3 is 0 Å². The third-order valence-corrected chi connectivity index (χ3v) is 12.1. The second-order valence-electron chi connectivity index (χ2n) is 13.7. The molecule has 0 radical (unpaired) electrons. The molecule has 0 saturated carbocycles. The van der Waals surface area contributed by atoms with Gasteiger partial charge in [0.2, 0.25) is 0 Å². The van der Waals surface area contributed by atoms with Gasteiger partial charge in [-0.15, -0.1) is 0 Å². The molecule has 0 atom stereocenters. The Labute approximate surface area is 263 Å². The number of hydrogen-bond acceptors (Lipinski definition) is 2. The van der Waals surface area contributed by atoms with Crippen LogP contribution in [0.25, 0.3) is 0 Å². The molecule has 3 aromatic rings. The molecule has 0 spiro atoms. The molecule has 2 aliphatic rings. The van der Waals surface area contributed by atoms with Crippen molar-refractivity contribution in [2.24, 2.45) is 0 Å². The Bertz CT molecular complexity index is 1330. The normalized spacial score (nSPS) is 15.7. The fourth-order valence-corrected chi connectivity index (χ4v) is 10.0. The minimum absolute atomic E-state index is 0.479. The van der Waals surface area contributed by atoms with Gasteiger partial charge in [0.1, 0.15) is 0 Å². The van der Waals surface area contributed by atoms with Crippen molar-refractivity contribution < 1.29 is 0 Å². The zero-order valence-electron chi connectivity index (χ0n) is 27.9. The van der Waals surface area contributed by atoms with Crippen molar-refractivity contribution in [3.8, 4) is 0 Å². The second-order valence-corrected chi connectivity index (χ2v) is 16.0. The van der Waals surface area contributed by atoms with Crippen LogP contribution in [0.2, 0.25) is 0 Å². The highest BCUT2D eigenvalue weighted by molar-refractivity contribution is 7.73. The van der Waals surface area contributed by atoms with Crippen molar-refractivity contribution in [3.63, 3.8) is 0 Å². The van der Waals surface area contributed by atoms with Crippen LogP contribution < -0.4 is 15.9 Å². The number of anilines is 2. The van der Waals surface area contributed by atoms with Crippen LogP contribution in [0.3, 0.4) is 0 Å². The summed E-state index contributed by atoms with van der Waals surface area (Å²) < 4.78 is 0. The zero-order chi connectivity index (χ0) is 30.7. The Kier molecular flexibility index (Phi) is 10.2. The molecule has 0 heterocycles. The fraction of sp³-hybridized carbons (Fsp3) is 0.450. The molecular formula is C40H53N2P. The molecule has 0 amide bonds. The van der Waals surface area contributed by atoms with Crippen LogP contribution in [-0.2, 0) is 0 Å². The lowest BCUT2D eigenvalue weighted by atomic mass is 9.92. The summed E-state index contributed by atoms with van der Waals surface area (Å²) in [6, 6.07) is 25.2. The minimum atomic E-state index is -0.595. The van der Waals surface area contributed by atoms with Crippen molar-refractivity contribution >= 4 is 24.6 Å². The van der Waals surface area contributed by atoms with Crippen molar-refractivity contribution in [1.29, 1.82) is 0 Å². The number of allylic oxidation sites excluding steroid dienone is 4. The van der Waals surface area contributed by atoms with E-state index < -0.39 is 7.92 Å². The minimum Gasteiger partial charge on any atom is -0.358 e. The van der Waals surface area contributed by atoms with Gasteiger partial charge in [0, 0.05) is 22.8 Å². The first-order valence-electron chi connectivity index (χ1n) is 16.8. The van der Waals surface area contributed by atoms with Crippen LogP contribution >= 0.6 is 7.92 Å². The first-order valence-corrected chi connectivity index (χ1v) is 18.1. The predicted octanol–water partition coefficient (Wildman–Crippen LogP) is 12.3. The van der Waals surface area contributed by atoms with Crippen LogP contribution in [0.15, 0.2) is 88.8 Å². The molecular weight excluding hydrogens is 539 g/mol. The average molecular weight is 593 g/mol. The predicted molar refractivity (Wildman–Crippen MR) is 191 cm³/mol. The van der Waals surface area contributed by atoms with Gasteiger partial charge in [0.25, 0.3) is 0 Å². The third-order valence-electron chi connectivity index (χ3n) is 9.23. The van der Waals surface area contributed by atoms with Crippen LogP contribution in [0.4, 0.5) is 11.4 Å². The summed E-state index contributed by atoms with van der Waals surface area (Å²) >= 11 is 0. The van der Waals surface area contributed by atoms with E-state index in [1.807, 2.05) is 0 Å². The van der Waals surface area contributed by atoms with E-state index in [-0.39, 0.29) is 0 Å². The van der Waals surface area contributed by atoms with Gasteiger partial charge in [-0.1, -0.05) is 122 Å². The van der Waals surface area contributed by atoms with Gasteiger partial charge in [-0.25, -0.2) is 0 Å². The van der Waals surface area contributed by atoms with E-state index in [1.165, 1.54) is 76.0 Å². The molecule has 2 nitrogen and oxygen atoms in total. The molecule has 0 fully saturated rings. The molecule has 0 aromatic heterocycles. The Morgan fingerprint density at radius 2 is 0.837 bits per heavy atom. The second kappa shape index (κ2) is 13.9. The van der Waals surface area contributed by atoms with E-state index in [9.17, 15) is 0 Å². The molecule has 3 heteroatoms. The van der Waals surface area contributed by atoms with Gasteiger partial charge in [-0.3, -0.25) is 0 Å². The summed E-state index contributed by atoms with van der Waals surface area (Å²) in [4.78, 5) is 0. The Hall–Kier alpha value is -2.83. The Balaban J connectivity index is 1.64. The molecule has 43 heavy (non-hydrogen) atoms. The van der Waals surface area contributed by atoms with Gasteiger partial charge in [0.05, 0.1) is 0 Å². The maximum Gasteiger partial charge on any atom is 0.0452 e. The number of rotatable bonds is 11. The number of para-hydroxylation sites is 2. The summed E-state index contributed by atoms with van der Waals surface area (Å²) in [5.74, 6) is 1.91. The highest BCUT2D eigenvalue weighted by atomic mass is 31.1. The molecule has 0 unspecified atom stereocenters. The van der Waals surface area contributed by atoms with E-state index in [0.717, 1.165) is 12.8 Å². The van der Waals surface area contributed by atoms with E-state index >= 15 is 0 Å². The number of nitrogens with one attached hydrogen (secondary N) is 2. The van der Waals surface area contributed by atoms with Crippen molar-refractivity contribution in [3.05, 3.63) is 111 Å². The Morgan fingerprint density at radius 3 is 1.19 bits per heavy atom. The largest absolute Gasteiger partial charge is 0.358 e. The Morgan fingerprint density at radius 1 is 0.465 bits per heavy atom. The summed E-state index contributed by atoms with van der Waals surface area (Å²) in [6.45, 7) is 18.6. The van der Waals surface area contributed by atoms with Crippen molar-refractivity contribution in [2.75, 3.05) is 10.6 Å². The molecule has 2 aliphatic carbocycles. The van der Waals surface area contributed by atoms with Crippen molar-refractivity contribution in [2.45, 2.75) is 118 Å². The standard InChI is InChI=1S/C40H53N2P/c1-26(2)31-18-12-19-32(27(3)4)39(31)41-35-22-14-24-37(35)43(30-16-10-9-11-17-30)38-25-15-23-36(38)42-40-33(28(5)6)20-13-21-34(40)29(7)8/h9-13,16-21,26-29,41-42H,14-15,22-25H2,1-8H3. The lowest BCUT2D eigenvalue weighted by Gasteiger charge is -2.28. The summed E-state index contributed by atoms with van der Waals surface area (Å²) in [6.07, 6.45) is 7.09. The van der Waals surface area contributed by atoms with Crippen LogP contribution in [0, 0.1) is 0 Å². The first kappa shape index (κ1) is 31.6. The molecule has 2 N–H and O–H groups in total. The highest BCUT2D eigenvalue weighted by Gasteiger charge is 2.32. The fourth-order valence-electron chi connectivity index (χ4n) is 6.96. The van der Waals surface area contributed by atoms with E-state index in [1.54, 1.807) is 10.6 Å². The van der Waals surface area contributed by atoms with E-state index in [0.29, 0.717) is 23.7 Å². The monoisotopic (exact) mass is 592 g/mol. The van der Waals surface area contributed by atoms with Crippen molar-refractivity contribution in [1.82, 2.24) is 0 Å². The summed E-state index contributed by atoms with van der Waals surface area (Å²) in [5, 5.41) is 13.1. The van der Waals surface area contributed by atoms with Crippen LogP contribution in [0.1, 0.15) is 140 Å². The van der Waals surface area contributed by atoms with Gasteiger partial charge < -0.3 is 10.6 Å². The lowest BCUT2D eigenvalue weighted by Crippen LogP contribution is -2.11. The lowest BCUT2D eigenvalue weighted by molar-refractivity contribution is 0.834. The topological polar surface area (TPSA) is 24.1 Å². The first-order chi connectivity index (χ1) is 20.7. The van der Waals surface area contributed by atoms with Crippen LogP contribution in [0.5, 0.6) is 0 Å². The number of benzene rings is 3. The zero-order valence-corrected chi connectivity index (χ0v) is 28.7. The molecule has 0 aliphatic heterocycles. The molecule has 0 bridgehead atoms. The van der Waals surface area contributed by atoms with Gasteiger partial charge in [-0.2, -0.15) is 0 Å². The maximum absolute atomic E-state index is 4.13.